The zero-order chi connectivity index (χ0) is 22.7. The highest BCUT2D eigenvalue weighted by Crippen LogP contribution is 2.30. The number of thiophene rings is 1. The molecule has 9 heteroatoms. The van der Waals surface area contributed by atoms with Crippen molar-refractivity contribution >= 4 is 55.1 Å². The van der Waals surface area contributed by atoms with E-state index in [0.717, 1.165) is 16.6 Å². The number of pyridine rings is 1. The Balaban J connectivity index is 1.63. The summed E-state index contributed by atoms with van der Waals surface area (Å²) in [6.45, 7) is 4.80. The zero-order valence-corrected chi connectivity index (χ0v) is 19.8. The van der Waals surface area contributed by atoms with Crippen LogP contribution in [0, 0.1) is 5.92 Å². The number of thioether (sulfide) groups is 1. The van der Waals surface area contributed by atoms with Crippen LogP contribution in [0.25, 0.3) is 20.4 Å². The van der Waals surface area contributed by atoms with E-state index in [4.69, 9.17) is 9.72 Å². The molecule has 0 radical (unpaired) electrons. The summed E-state index contributed by atoms with van der Waals surface area (Å²) in [5.74, 6) is 1.07. The first-order chi connectivity index (χ1) is 15.5. The van der Waals surface area contributed by atoms with Crippen LogP contribution in [-0.4, -0.2) is 33.3 Å². The Morgan fingerprint density at radius 1 is 1.28 bits per heavy atom. The van der Waals surface area contributed by atoms with E-state index < -0.39 is 0 Å². The van der Waals surface area contributed by atoms with Crippen molar-refractivity contribution in [2.24, 2.45) is 5.92 Å². The van der Waals surface area contributed by atoms with Crippen LogP contribution in [0.5, 0.6) is 5.75 Å². The second-order valence-electron chi connectivity index (χ2n) is 7.74. The maximum atomic E-state index is 13.3. The van der Waals surface area contributed by atoms with Crippen molar-refractivity contribution in [2.75, 3.05) is 18.2 Å². The molecule has 0 aliphatic carbocycles. The topological polar surface area (TPSA) is 86.1 Å². The summed E-state index contributed by atoms with van der Waals surface area (Å²) >= 11 is 2.64. The van der Waals surface area contributed by atoms with Gasteiger partial charge in [-0.05, 0) is 36.6 Å². The quantitative estimate of drug-likeness (QED) is 0.296. The lowest BCUT2D eigenvalue weighted by Gasteiger charge is -2.13. The van der Waals surface area contributed by atoms with E-state index in [-0.39, 0.29) is 17.2 Å². The third kappa shape index (κ3) is 4.78. The van der Waals surface area contributed by atoms with Crippen LogP contribution < -0.4 is 15.6 Å². The van der Waals surface area contributed by atoms with E-state index in [9.17, 15) is 9.59 Å². The predicted octanol–water partition coefficient (Wildman–Crippen LogP) is 4.79. The molecule has 1 amide bonds. The fraction of sp³-hybridized carbons (Fsp3) is 0.304. The molecule has 0 unspecified atom stereocenters. The van der Waals surface area contributed by atoms with Gasteiger partial charge in [-0.15, -0.1) is 11.3 Å². The fourth-order valence-corrected chi connectivity index (χ4v) is 5.11. The Labute approximate surface area is 193 Å². The van der Waals surface area contributed by atoms with Gasteiger partial charge in [0.15, 0.2) is 5.16 Å². The normalized spacial score (nSPS) is 11.4. The van der Waals surface area contributed by atoms with E-state index in [1.165, 1.54) is 23.1 Å². The molecule has 0 aliphatic rings. The first-order valence-electron chi connectivity index (χ1n) is 10.3. The molecule has 1 aromatic carbocycles. The minimum Gasteiger partial charge on any atom is -0.497 e. The number of carbonyl (C=O) groups is 1. The average Bonchev–Trinajstić information content (AvgIpc) is 3.16. The number of aromatic nitrogens is 3. The third-order valence-electron chi connectivity index (χ3n) is 4.93. The molecule has 166 valence electrons. The number of rotatable bonds is 8. The van der Waals surface area contributed by atoms with E-state index in [2.05, 4.69) is 24.1 Å². The molecule has 4 aromatic rings. The largest absolute Gasteiger partial charge is 0.497 e. The Kier molecular flexibility index (Phi) is 6.76. The van der Waals surface area contributed by atoms with Crippen LogP contribution in [0.2, 0.25) is 0 Å². The molecule has 0 bridgehead atoms. The van der Waals surface area contributed by atoms with E-state index in [1.54, 1.807) is 30.0 Å². The van der Waals surface area contributed by atoms with Gasteiger partial charge in [-0.25, -0.2) is 9.97 Å². The Morgan fingerprint density at radius 2 is 2.12 bits per heavy atom. The van der Waals surface area contributed by atoms with Crippen molar-refractivity contribution in [3.63, 3.8) is 0 Å². The summed E-state index contributed by atoms with van der Waals surface area (Å²) in [7, 11) is 1.58. The summed E-state index contributed by atoms with van der Waals surface area (Å²) < 4.78 is 7.50. The number of hydrogen-bond acceptors (Lipinski definition) is 7. The van der Waals surface area contributed by atoms with Crippen molar-refractivity contribution < 1.29 is 9.53 Å². The van der Waals surface area contributed by atoms with Crippen molar-refractivity contribution in [3.05, 3.63) is 52.9 Å². The first kappa shape index (κ1) is 22.3. The van der Waals surface area contributed by atoms with Gasteiger partial charge in [0.05, 0.1) is 18.4 Å². The predicted molar refractivity (Wildman–Crippen MR) is 131 cm³/mol. The number of ether oxygens (including phenoxy) is 1. The standard InChI is InChI=1S/C23H24N4O3S2/c1-14(2)9-11-27-22(29)20-19(17-8-5-10-24-21(17)32-20)26-23(27)31-13-18(28)25-15-6-4-7-16(12-15)30-3/h4-8,10,12,14H,9,11,13H2,1-3H3,(H,25,28). The van der Waals surface area contributed by atoms with Gasteiger partial charge in [-0.2, -0.15) is 0 Å². The smallest absolute Gasteiger partial charge is 0.272 e. The minimum atomic E-state index is -0.176. The van der Waals surface area contributed by atoms with Crippen LogP contribution >= 0.6 is 23.1 Å². The molecule has 0 aliphatic heterocycles. The van der Waals surface area contributed by atoms with Gasteiger partial charge in [-0.1, -0.05) is 31.7 Å². The van der Waals surface area contributed by atoms with Gasteiger partial charge in [0.2, 0.25) is 5.91 Å². The molecule has 3 aromatic heterocycles. The molecule has 7 nitrogen and oxygen atoms in total. The summed E-state index contributed by atoms with van der Waals surface area (Å²) in [6.07, 6.45) is 2.56. The number of amides is 1. The van der Waals surface area contributed by atoms with E-state index >= 15 is 0 Å². The van der Waals surface area contributed by atoms with Gasteiger partial charge >= 0.3 is 0 Å². The van der Waals surface area contributed by atoms with Crippen molar-refractivity contribution in [1.29, 1.82) is 0 Å². The highest BCUT2D eigenvalue weighted by atomic mass is 32.2. The maximum absolute atomic E-state index is 13.3. The average molecular weight is 469 g/mol. The summed E-state index contributed by atoms with van der Waals surface area (Å²) in [5, 5.41) is 4.28. The van der Waals surface area contributed by atoms with E-state index in [0.29, 0.717) is 39.3 Å². The minimum absolute atomic E-state index is 0.0747. The first-order valence-corrected chi connectivity index (χ1v) is 12.1. The van der Waals surface area contributed by atoms with Crippen LogP contribution in [0.3, 0.4) is 0 Å². The number of methoxy groups -OCH3 is 1. The number of nitrogens with one attached hydrogen (secondary N) is 1. The Bertz CT molecular complexity index is 1330. The highest BCUT2D eigenvalue weighted by Gasteiger charge is 2.18. The Morgan fingerprint density at radius 3 is 2.91 bits per heavy atom. The maximum Gasteiger partial charge on any atom is 0.272 e. The summed E-state index contributed by atoms with van der Waals surface area (Å²) in [5.41, 5.74) is 1.24. The monoisotopic (exact) mass is 468 g/mol. The summed E-state index contributed by atoms with van der Waals surface area (Å²) in [6, 6.07) is 11.0. The molecule has 0 atom stereocenters. The molecular formula is C23H24N4O3S2. The SMILES string of the molecule is COc1cccc(NC(=O)CSc2nc3c(sc4ncccc43)c(=O)n2CCC(C)C)c1. The van der Waals surface area contributed by atoms with Gasteiger partial charge in [0, 0.05) is 29.9 Å². The van der Waals surface area contributed by atoms with Gasteiger partial charge in [-0.3, -0.25) is 14.2 Å². The molecule has 3 heterocycles. The van der Waals surface area contributed by atoms with E-state index in [1.807, 2.05) is 24.3 Å². The molecule has 32 heavy (non-hydrogen) atoms. The van der Waals surface area contributed by atoms with Crippen LogP contribution in [0.15, 0.2) is 52.5 Å². The highest BCUT2D eigenvalue weighted by molar-refractivity contribution is 7.99. The van der Waals surface area contributed by atoms with Crippen LogP contribution in [-0.2, 0) is 11.3 Å². The summed E-state index contributed by atoms with van der Waals surface area (Å²) in [4.78, 5) is 35.9. The molecule has 0 spiro atoms. The number of carbonyl (C=O) groups excluding carboxylic acids is 1. The molecule has 4 rings (SSSR count). The molecule has 0 saturated heterocycles. The number of hydrogen-bond donors (Lipinski definition) is 1. The van der Waals surface area contributed by atoms with Gasteiger partial charge in [0.25, 0.3) is 5.56 Å². The lowest BCUT2D eigenvalue weighted by molar-refractivity contribution is -0.113. The lowest BCUT2D eigenvalue weighted by atomic mass is 10.1. The molecule has 1 N–H and O–H groups in total. The lowest BCUT2D eigenvalue weighted by Crippen LogP contribution is -2.24. The third-order valence-corrected chi connectivity index (χ3v) is 7.00. The number of fused-ring (bicyclic) bond motifs is 3. The van der Waals surface area contributed by atoms with Crippen molar-refractivity contribution in [3.8, 4) is 5.75 Å². The second-order valence-corrected chi connectivity index (χ2v) is 9.68. The molecule has 0 saturated carbocycles. The zero-order valence-electron chi connectivity index (χ0n) is 18.1. The second kappa shape index (κ2) is 9.70. The molecule has 0 fully saturated rings. The van der Waals surface area contributed by atoms with Gasteiger partial charge < -0.3 is 10.1 Å². The number of nitrogens with zero attached hydrogens (tertiary/aromatic N) is 3. The fourth-order valence-electron chi connectivity index (χ4n) is 3.26. The van der Waals surface area contributed by atoms with Crippen LogP contribution in [0.1, 0.15) is 20.3 Å². The van der Waals surface area contributed by atoms with Gasteiger partial charge in [0.1, 0.15) is 15.3 Å². The number of benzene rings is 1. The van der Waals surface area contributed by atoms with Crippen molar-refractivity contribution in [1.82, 2.24) is 14.5 Å². The Hall–Kier alpha value is -2.91. The molecular weight excluding hydrogens is 444 g/mol. The van der Waals surface area contributed by atoms with Crippen molar-refractivity contribution in [2.45, 2.75) is 32.0 Å². The van der Waals surface area contributed by atoms with Crippen LogP contribution in [0.4, 0.5) is 5.69 Å². The number of anilines is 1.